The van der Waals surface area contributed by atoms with E-state index in [4.69, 9.17) is 0 Å². The van der Waals surface area contributed by atoms with Crippen LogP contribution in [0, 0.1) is 0 Å². The van der Waals surface area contributed by atoms with Gasteiger partial charge >= 0.3 is 0 Å². The molecule has 0 aromatic heterocycles. The Morgan fingerprint density at radius 3 is 1.85 bits per heavy atom. The molecule has 2 rings (SSSR count). The third-order valence-electron chi connectivity index (χ3n) is 3.74. The van der Waals surface area contributed by atoms with Crippen LogP contribution in [-0.2, 0) is 12.8 Å². The summed E-state index contributed by atoms with van der Waals surface area (Å²) in [5, 5.41) is 9.47. The number of benzene rings is 2. The van der Waals surface area contributed by atoms with Crippen LogP contribution in [0.3, 0.4) is 0 Å². The van der Waals surface area contributed by atoms with E-state index in [0.717, 1.165) is 12.0 Å². The topological polar surface area (TPSA) is 20.2 Å². The van der Waals surface area contributed by atoms with E-state index in [9.17, 15) is 5.11 Å². The maximum absolute atomic E-state index is 9.47. The van der Waals surface area contributed by atoms with Crippen molar-refractivity contribution < 1.29 is 5.11 Å². The fourth-order valence-electron chi connectivity index (χ4n) is 2.44. The van der Waals surface area contributed by atoms with E-state index < -0.39 is 0 Å². The minimum absolute atomic E-state index is 0.366. The Hall–Kier alpha value is -1.60. The molecule has 0 spiro atoms. The lowest BCUT2D eigenvalue weighted by atomic mass is 10.0. The molecule has 2 aromatic rings. The Balaban J connectivity index is 1.66. The fraction of sp³-hybridized carbons (Fsp3) is 0.368. The number of aryl methyl sites for hydroxylation is 2. The second-order valence-corrected chi connectivity index (χ2v) is 5.46. The van der Waals surface area contributed by atoms with Gasteiger partial charge in [0.1, 0.15) is 0 Å². The molecular weight excluding hydrogens is 244 g/mol. The molecule has 0 bridgehead atoms. The van der Waals surface area contributed by atoms with Crippen molar-refractivity contribution in [2.75, 3.05) is 0 Å². The molecule has 0 saturated carbocycles. The van der Waals surface area contributed by atoms with Gasteiger partial charge in [-0.1, -0.05) is 61.0 Å². The molecule has 0 radical (unpaired) electrons. The van der Waals surface area contributed by atoms with Crippen LogP contribution in [0.5, 0.6) is 0 Å². The highest BCUT2D eigenvalue weighted by Gasteiger charge is 2.00. The maximum Gasteiger partial charge on any atom is 0.0761 e. The van der Waals surface area contributed by atoms with Crippen molar-refractivity contribution in [3.8, 4) is 0 Å². The molecule has 0 amide bonds. The predicted molar refractivity (Wildman–Crippen MR) is 84.8 cm³/mol. The van der Waals surface area contributed by atoms with Crippen LogP contribution in [0.4, 0.5) is 0 Å². The van der Waals surface area contributed by atoms with Crippen LogP contribution in [0.2, 0.25) is 0 Å². The van der Waals surface area contributed by atoms with Crippen molar-refractivity contribution in [1.29, 1.82) is 0 Å². The van der Waals surface area contributed by atoms with Crippen LogP contribution >= 0.6 is 0 Å². The summed E-state index contributed by atoms with van der Waals surface area (Å²) in [6, 6.07) is 19.0. The van der Waals surface area contributed by atoms with Gasteiger partial charge in [-0.25, -0.2) is 0 Å². The first kappa shape index (κ1) is 14.8. The number of unbranched alkanes of at least 4 members (excludes halogenated alkanes) is 2. The minimum atomic E-state index is -0.366. The van der Waals surface area contributed by atoms with Crippen molar-refractivity contribution in [1.82, 2.24) is 0 Å². The molecule has 1 nitrogen and oxygen atoms in total. The number of rotatable bonds is 7. The molecule has 0 fully saturated rings. The SMILES string of the molecule is CC(O)c1ccc(CCCCCc2ccccc2)cc1. The van der Waals surface area contributed by atoms with Crippen molar-refractivity contribution in [2.45, 2.75) is 45.1 Å². The van der Waals surface area contributed by atoms with Crippen molar-refractivity contribution in [2.24, 2.45) is 0 Å². The quantitative estimate of drug-likeness (QED) is 0.722. The number of hydrogen-bond donors (Lipinski definition) is 1. The number of aliphatic hydroxyl groups is 1. The molecule has 20 heavy (non-hydrogen) atoms. The monoisotopic (exact) mass is 268 g/mol. The Kier molecular flexibility index (Phi) is 5.82. The van der Waals surface area contributed by atoms with Gasteiger partial charge in [0.2, 0.25) is 0 Å². The highest BCUT2D eigenvalue weighted by Crippen LogP contribution is 2.15. The van der Waals surface area contributed by atoms with Crippen LogP contribution in [0.25, 0.3) is 0 Å². The van der Waals surface area contributed by atoms with Crippen LogP contribution in [-0.4, -0.2) is 5.11 Å². The Morgan fingerprint density at radius 2 is 1.30 bits per heavy atom. The van der Waals surface area contributed by atoms with Gasteiger partial charge in [-0.3, -0.25) is 0 Å². The van der Waals surface area contributed by atoms with Gasteiger partial charge in [-0.15, -0.1) is 0 Å². The molecule has 2 aromatic carbocycles. The summed E-state index contributed by atoms with van der Waals surface area (Å²) < 4.78 is 0. The van der Waals surface area contributed by atoms with Gasteiger partial charge in [-0.2, -0.15) is 0 Å². The molecule has 0 aliphatic rings. The summed E-state index contributed by atoms with van der Waals surface area (Å²) in [5.41, 5.74) is 3.81. The standard InChI is InChI=1S/C19H24O/c1-16(20)19-14-12-18(13-15-19)11-7-3-6-10-17-8-4-2-5-9-17/h2,4-5,8-9,12-16,20H,3,6-7,10-11H2,1H3. The molecule has 1 heteroatoms. The Morgan fingerprint density at radius 1 is 0.750 bits per heavy atom. The second-order valence-electron chi connectivity index (χ2n) is 5.46. The van der Waals surface area contributed by atoms with Crippen LogP contribution in [0.15, 0.2) is 54.6 Å². The molecule has 1 unspecified atom stereocenters. The smallest absolute Gasteiger partial charge is 0.0761 e. The zero-order valence-corrected chi connectivity index (χ0v) is 12.3. The number of hydrogen-bond acceptors (Lipinski definition) is 1. The summed E-state index contributed by atoms with van der Waals surface area (Å²) in [4.78, 5) is 0. The lowest BCUT2D eigenvalue weighted by Gasteiger charge is -2.06. The fourth-order valence-corrected chi connectivity index (χ4v) is 2.44. The van der Waals surface area contributed by atoms with E-state index in [2.05, 4.69) is 42.5 Å². The van der Waals surface area contributed by atoms with E-state index in [0.29, 0.717) is 0 Å². The van der Waals surface area contributed by atoms with Gasteiger partial charge in [-0.05, 0) is 49.3 Å². The first-order chi connectivity index (χ1) is 9.75. The highest BCUT2D eigenvalue weighted by atomic mass is 16.3. The second kappa shape index (κ2) is 7.86. The van der Waals surface area contributed by atoms with Gasteiger partial charge in [0.15, 0.2) is 0 Å². The third kappa shape index (κ3) is 4.82. The molecule has 0 aliphatic heterocycles. The van der Waals surface area contributed by atoms with E-state index in [1.165, 1.54) is 36.8 Å². The molecule has 0 aliphatic carbocycles. The van der Waals surface area contributed by atoms with Crippen molar-refractivity contribution in [3.63, 3.8) is 0 Å². The number of aliphatic hydroxyl groups excluding tert-OH is 1. The van der Waals surface area contributed by atoms with Crippen LogP contribution < -0.4 is 0 Å². The van der Waals surface area contributed by atoms with Crippen LogP contribution in [0.1, 0.15) is 49.0 Å². The lowest BCUT2D eigenvalue weighted by molar-refractivity contribution is 0.199. The summed E-state index contributed by atoms with van der Waals surface area (Å²) in [6.45, 7) is 1.80. The summed E-state index contributed by atoms with van der Waals surface area (Å²) >= 11 is 0. The van der Waals surface area contributed by atoms with E-state index in [1.54, 1.807) is 6.92 Å². The highest BCUT2D eigenvalue weighted by molar-refractivity contribution is 5.23. The summed E-state index contributed by atoms with van der Waals surface area (Å²) in [5.74, 6) is 0. The third-order valence-corrected chi connectivity index (χ3v) is 3.74. The summed E-state index contributed by atoms with van der Waals surface area (Å²) in [7, 11) is 0. The van der Waals surface area contributed by atoms with E-state index in [-0.39, 0.29) is 6.10 Å². The molecule has 0 saturated heterocycles. The average molecular weight is 268 g/mol. The van der Waals surface area contributed by atoms with Gasteiger partial charge < -0.3 is 5.11 Å². The first-order valence-corrected chi connectivity index (χ1v) is 7.56. The van der Waals surface area contributed by atoms with Gasteiger partial charge in [0, 0.05) is 0 Å². The molecular formula is C19H24O. The predicted octanol–water partition coefficient (Wildman–Crippen LogP) is 4.70. The zero-order chi connectivity index (χ0) is 14.2. The van der Waals surface area contributed by atoms with Crippen molar-refractivity contribution >= 4 is 0 Å². The summed E-state index contributed by atoms with van der Waals surface area (Å²) in [6.07, 6.45) is 5.72. The van der Waals surface area contributed by atoms with E-state index in [1.807, 2.05) is 12.1 Å². The Bertz CT molecular complexity index is 485. The van der Waals surface area contributed by atoms with Crippen molar-refractivity contribution in [3.05, 3.63) is 71.3 Å². The molecule has 106 valence electrons. The molecule has 1 N–H and O–H groups in total. The Labute approximate surface area is 122 Å². The normalized spacial score (nSPS) is 12.3. The minimum Gasteiger partial charge on any atom is -0.389 e. The lowest BCUT2D eigenvalue weighted by Crippen LogP contribution is -1.92. The first-order valence-electron chi connectivity index (χ1n) is 7.56. The van der Waals surface area contributed by atoms with E-state index >= 15 is 0 Å². The average Bonchev–Trinajstić information content (AvgIpc) is 2.48. The molecule has 1 atom stereocenters. The molecule has 0 heterocycles. The largest absolute Gasteiger partial charge is 0.389 e. The van der Waals surface area contributed by atoms with Gasteiger partial charge in [0.05, 0.1) is 6.10 Å². The maximum atomic E-state index is 9.47. The zero-order valence-electron chi connectivity index (χ0n) is 12.3. The van der Waals surface area contributed by atoms with Gasteiger partial charge in [0.25, 0.3) is 0 Å².